The van der Waals surface area contributed by atoms with Gasteiger partial charge < -0.3 is 9.47 Å². The zero-order valence-corrected chi connectivity index (χ0v) is 10.7. The highest BCUT2D eigenvalue weighted by Crippen LogP contribution is 2.37. The summed E-state index contributed by atoms with van der Waals surface area (Å²) in [4.78, 5) is 21.7. The zero-order chi connectivity index (χ0) is 13.7. The maximum Gasteiger partial charge on any atom is 0.316 e. The number of carbonyl (C=O) groups is 1. The van der Waals surface area contributed by atoms with E-state index >= 15 is 0 Å². The molecule has 0 aromatic heterocycles. The van der Waals surface area contributed by atoms with Crippen LogP contribution < -0.4 is 4.74 Å². The second-order valence-corrected chi connectivity index (χ2v) is 3.73. The molecule has 0 atom stereocenters. The molecule has 0 aliphatic rings. The number of benzene rings is 1. The van der Waals surface area contributed by atoms with Gasteiger partial charge >= 0.3 is 11.7 Å². The monoisotopic (exact) mass is 273 g/mol. The Balaban J connectivity index is 3.19. The van der Waals surface area contributed by atoms with Crippen molar-refractivity contribution in [3.05, 3.63) is 32.8 Å². The summed E-state index contributed by atoms with van der Waals surface area (Å²) in [5.74, 6) is -0.589. The lowest BCUT2D eigenvalue weighted by atomic mass is 10.1. The Hall–Kier alpha value is -1.82. The Bertz CT molecular complexity index is 475. The summed E-state index contributed by atoms with van der Waals surface area (Å²) in [5.41, 5.74) is -0.0993. The smallest absolute Gasteiger partial charge is 0.316 e. The van der Waals surface area contributed by atoms with E-state index in [-0.39, 0.29) is 35.1 Å². The predicted molar refractivity (Wildman–Crippen MR) is 65.0 cm³/mol. The van der Waals surface area contributed by atoms with Crippen LogP contribution in [0.15, 0.2) is 12.1 Å². The van der Waals surface area contributed by atoms with E-state index < -0.39 is 10.9 Å². The fraction of sp³-hybridized carbons (Fsp3) is 0.364. The molecule has 0 aliphatic carbocycles. The standard InChI is InChI=1S/C11H12ClNO5/c1-3-18-9(14)6-7-4-5-8(12)11(17-2)10(7)13(15)16/h4-5H,3,6H2,1-2H3. The molecule has 1 aromatic carbocycles. The van der Waals surface area contributed by atoms with Gasteiger partial charge in [0.1, 0.15) is 0 Å². The minimum absolute atomic E-state index is 0.0523. The summed E-state index contributed by atoms with van der Waals surface area (Å²) in [6.45, 7) is 1.88. The molecule has 6 nitrogen and oxygen atoms in total. The van der Waals surface area contributed by atoms with E-state index in [1.165, 1.54) is 19.2 Å². The quantitative estimate of drug-likeness (QED) is 0.467. The molecule has 7 heteroatoms. The van der Waals surface area contributed by atoms with Crippen molar-refractivity contribution in [1.29, 1.82) is 0 Å². The third-order valence-corrected chi connectivity index (χ3v) is 2.49. The lowest BCUT2D eigenvalue weighted by Gasteiger charge is -2.08. The van der Waals surface area contributed by atoms with Gasteiger partial charge in [-0.15, -0.1) is 0 Å². The SMILES string of the molecule is CCOC(=O)Cc1ccc(Cl)c(OC)c1[N+](=O)[O-]. The molecule has 0 spiro atoms. The first-order valence-corrected chi connectivity index (χ1v) is 5.54. The predicted octanol–water partition coefficient (Wildman–Crippen LogP) is 2.36. The van der Waals surface area contributed by atoms with Crippen LogP contribution >= 0.6 is 11.6 Å². The highest BCUT2D eigenvalue weighted by molar-refractivity contribution is 6.32. The maximum atomic E-state index is 11.4. The van der Waals surface area contributed by atoms with Crippen molar-refractivity contribution in [1.82, 2.24) is 0 Å². The highest BCUT2D eigenvalue weighted by Gasteiger charge is 2.25. The summed E-state index contributed by atoms with van der Waals surface area (Å²) in [6, 6.07) is 2.86. The van der Waals surface area contributed by atoms with Crippen LogP contribution in [-0.4, -0.2) is 24.6 Å². The Morgan fingerprint density at radius 3 is 2.67 bits per heavy atom. The second kappa shape index (κ2) is 6.20. The van der Waals surface area contributed by atoms with Crippen LogP contribution in [0.3, 0.4) is 0 Å². The van der Waals surface area contributed by atoms with E-state index in [2.05, 4.69) is 0 Å². The van der Waals surface area contributed by atoms with Gasteiger partial charge in [0.2, 0.25) is 5.75 Å². The third kappa shape index (κ3) is 3.10. The normalized spacial score (nSPS) is 9.94. The molecule has 0 amide bonds. The van der Waals surface area contributed by atoms with Crippen LogP contribution in [0.4, 0.5) is 5.69 Å². The first-order chi connectivity index (χ1) is 8.51. The van der Waals surface area contributed by atoms with E-state index in [1.807, 2.05) is 0 Å². The summed E-state index contributed by atoms with van der Waals surface area (Å²) in [6.07, 6.45) is -0.197. The van der Waals surface area contributed by atoms with Crippen molar-refractivity contribution >= 4 is 23.3 Å². The number of methoxy groups -OCH3 is 1. The molecule has 0 aliphatic heterocycles. The fourth-order valence-corrected chi connectivity index (χ4v) is 1.72. The van der Waals surface area contributed by atoms with Gasteiger partial charge in [-0.3, -0.25) is 14.9 Å². The fourth-order valence-electron chi connectivity index (χ4n) is 1.49. The number of hydrogen-bond donors (Lipinski definition) is 0. The Morgan fingerprint density at radius 2 is 2.17 bits per heavy atom. The molecule has 18 heavy (non-hydrogen) atoms. The van der Waals surface area contributed by atoms with Crippen molar-refractivity contribution in [2.75, 3.05) is 13.7 Å². The van der Waals surface area contributed by atoms with Crippen LogP contribution in [0.5, 0.6) is 5.75 Å². The summed E-state index contributed by atoms with van der Waals surface area (Å²) < 4.78 is 9.64. The minimum Gasteiger partial charge on any atom is -0.489 e. The molecule has 0 fully saturated rings. The van der Waals surface area contributed by atoms with Gasteiger partial charge in [0.05, 0.1) is 30.1 Å². The Morgan fingerprint density at radius 1 is 1.50 bits per heavy atom. The first-order valence-electron chi connectivity index (χ1n) is 5.16. The van der Waals surface area contributed by atoms with Crippen LogP contribution in [0, 0.1) is 10.1 Å². The number of halogens is 1. The molecule has 1 aromatic rings. The minimum atomic E-state index is -0.626. The van der Waals surface area contributed by atoms with Gasteiger partial charge in [-0.2, -0.15) is 0 Å². The molecular formula is C11H12ClNO5. The largest absolute Gasteiger partial charge is 0.489 e. The van der Waals surface area contributed by atoms with E-state index in [4.69, 9.17) is 21.1 Å². The number of ether oxygens (including phenoxy) is 2. The topological polar surface area (TPSA) is 78.7 Å². The van der Waals surface area contributed by atoms with Gasteiger partial charge in [0, 0.05) is 5.56 Å². The van der Waals surface area contributed by atoms with Crippen molar-refractivity contribution < 1.29 is 19.2 Å². The van der Waals surface area contributed by atoms with Crippen LogP contribution in [0.1, 0.15) is 12.5 Å². The first kappa shape index (κ1) is 14.2. The number of nitro groups is 1. The number of hydrogen-bond acceptors (Lipinski definition) is 5. The second-order valence-electron chi connectivity index (χ2n) is 3.33. The van der Waals surface area contributed by atoms with Crippen molar-refractivity contribution in [3.63, 3.8) is 0 Å². The van der Waals surface area contributed by atoms with Gasteiger partial charge in [0.15, 0.2) is 0 Å². The van der Waals surface area contributed by atoms with E-state index in [0.29, 0.717) is 0 Å². The number of nitrogens with zero attached hydrogens (tertiary/aromatic N) is 1. The van der Waals surface area contributed by atoms with E-state index in [0.717, 1.165) is 0 Å². The summed E-state index contributed by atoms with van der Waals surface area (Å²) in [5, 5.41) is 11.1. The average Bonchev–Trinajstić information content (AvgIpc) is 2.30. The van der Waals surface area contributed by atoms with Crippen molar-refractivity contribution in [2.45, 2.75) is 13.3 Å². The molecule has 98 valence electrons. The van der Waals surface area contributed by atoms with Crippen LogP contribution in [0.2, 0.25) is 5.02 Å². The number of rotatable bonds is 5. The van der Waals surface area contributed by atoms with Crippen LogP contribution in [0.25, 0.3) is 0 Å². The molecular weight excluding hydrogens is 262 g/mol. The molecule has 0 heterocycles. The molecule has 0 saturated carbocycles. The zero-order valence-electron chi connectivity index (χ0n) is 9.94. The molecule has 0 bridgehead atoms. The van der Waals surface area contributed by atoms with E-state index in [9.17, 15) is 14.9 Å². The average molecular weight is 274 g/mol. The van der Waals surface area contributed by atoms with Crippen LogP contribution in [-0.2, 0) is 16.0 Å². The van der Waals surface area contributed by atoms with Gasteiger partial charge in [-0.25, -0.2) is 0 Å². The van der Waals surface area contributed by atoms with Gasteiger partial charge in [-0.05, 0) is 19.1 Å². The number of esters is 1. The number of carbonyl (C=O) groups excluding carboxylic acids is 1. The summed E-state index contributed by atoms with van der Waals surface area (Å²) in [7, 11) is 1.28. The molecule has 0 unspecified atom stereocenters. The van der Waals surface area contributed by atoms with E-state index in [1.54, 1.807) is 6.92 Å². The number of nitro benzene ring substituents is 1. The Labute approximate surface area is 109 Å². The molecule has 0 N–H and O–H groups in total. The van der Waals surface area contributed by atoms with Gasteiger partial charge in [0.25, 0.3) is 0 Å². The Kier molecular flexibility index (Phi) is 4.91. The summed E-state index contributed by atoms with van der Waals surface area (Å²) >= 11 is 5.80. The van der Waals surface area contributed by atoms with Gasteiger partial charge in [-0.1, -0.05) is 11.6 Å². The third-order valence-electron chi connectivity index (χ3n) is 2.19. The maximum absolute atomic E-state index is 11.4. The molecule has 1 rings (SSSR count). The molecule has 0 saturated heterocycles. The lowest BCUT2D eigenvalue weighted by Crippen LogP contribution is -2.09. The van der Waals surface area contributed by atoms with Crippen molar-refractivity contribution in [2.24, 2.45) is 0 Å². The lowest BCUT2D eigenvalue weighted by molar-refractivity contribution is -0.386. The highest BCUT2D eigenvalue weighted by atomic mass is 35.5. The van der Waals surface area contributed by atoms with Crippen molar-refractivity contribution in [3.8, 4) is 5.75 Å². The molecule has 0 radical (unpaired) electrons.